The van der Waals surface area contributed by atoms with Gasteiger partial charge in [0.2, 0.25) is 0 Å². The molecular weight excluding hydrogens is 390 g/mol. The normalized spacial score (nSPS) is 21.6. The molecule has 5 heteroatoms. The highest BCUT2D eigenvalue weighted by Gasteiger charge is 2.27. The first-order chi connectivity index (χ1) is 14.5. The molecule has 0 saturated carbocycles. The lowest BCUT2D eigenvalue weighted by Crippen LogP contribution is -2.45. The van der Waals surface area contributed by atoms with Gasteiger partial charge in [0.1, 0.15) is 5.75 Å². The average Bonchev–Trinajstić information content (AvgIpc) is 2.76. The third kappa shape index (κ3) is 4.69. The minimum Gasteiger partial charge on any atom is -0.491 e. The first-order valence-corrected chi connectivity index (χ1v) is 11.5. The lowest BCUT2D eigenvalue weighted by atomic mass is 9.92. The molecule has 160 valence electrons. The SMILES string of the molecule is CC(C)Oc1cc2c(cc1CNC1CCCNC1c1ccccc1)N(C)C(=S)CC2. The van der Waals surface area contributed by atoms with Crippen molar-refractivity contribution in [1.29, 1.82) is 0 Å². The molecule has 1 fully saturated rings. The van der Waals surface area contributed by atoms with Crippen molar-refractivity contribution in [3.63, 3.8) is 0 Å². The molecule has 30 heavy (non-hydrogen) atoms. The summed E-state index contributed by atoms with van der Waals surface area (Å²) in [6.45, 7) is 6.04. The van der Waals surface area contributed by atoms with Crippen LogP contribution in [0.5, 0.6) is 5.75 Å². The maximum absolute atomic E-state index is 6.22. The Labute approximate surface area is 186 Å². The fourth-order valence-electron chi connectivity index (χ4n) is 4.57. The Hall–Kier alpha value is -1.95. The minimum absolute atomic E-state index is 0.151. The third-order valence-electron chi connectivity index (χ3n) is 6.14. The number of aryl methyl sites for hydroxylation is 1. The van der Waals surface area contributed by atoms with Crippen molar-refractivity contribution in [2.75, 3.05) is 18.5 Å². The van der Waals surface area contributed by atoms with Gasteiger partial charge in [0, 0.05) is 43.3 Å². The number of piperidine rings is 1. The van der Waals surface area contributed by atoms with Crippen molar-refractivity contribution in [1.82, 2.24) is 10.6 Å². The van der Waals surface area contributed by atoms with Crippen LogP contribution in [0.2, 0.25) is 0 Å². The first-order valence-electron chi connectivity index (χ1n) is 11.1. The Balaban J connectivity index is 1.57. The summed E-state index contributed by atoms with van der Waals surface area (Å²) in [4.78, 5) is 3.17. The van der Waals surface area contributed by atoms with Crippen molar-refractivity contribution >= 4 is 22.9 Å². The van der Waals surface area contributed by atoms with Crippen LogP contribution in [0.1, 0.15) is 55.8 Å². The lowest BCUT2D eigenvalue weighted by Gasteiger charge is -2.34. The number of nitrogens with one attached hydrogen (secondary N) is 2. The van der Waals surface area contributed by atoms with E-state index in [2.05, 4.69) is 78.9 Å². The number of fused-ring (bicyclic) bond motifs is 1. The van der Waals surface area contributed by atoms with Gasteiger partial charge in [-0.1, -0.05) is 42.5 Å². The molecule has 2 aromatic carbocycles. The van der Waals surface area contributed by atoms with Gasteiger partial charge in [0.25, 0.3) is 0 Å². The van der Waals surface area contributed by atoms with Gasteiger partial charge in [-0.2, -0.15) is 0 Å². The maximum atomic E-state index is 6.22. The summed E-state index contributed by atoms with van der Waals surface area (Å²) in [5.41, 5.74) is 5.10. The van der Waals surface area contributed by atoms with E-state index in [1.54, 1.807) is 0 Å². The molecule has 0 bridgehead atoms. The third-order valence-corrected chi connectivity index (χ3v) is 6.62. The number of ether oxygens (including phenoxy) is 1. The zero-order valence-corrected chi connectivity index (χ0v) is 19.1. The van der Waals surface area contributed by atoms with Crippen molar-refractivity contribution < 1.29 is 4.74 Å². The van der Waals surface area contributed by atoms with Crippen LogP contribution in [-0.4, -0.2) is 30.7 Å². The van der Waals surface area contributed by atoms with Crippen LogP contribution in [0.4, 0.5) is 5.69 Å². The Morgan fingerprint density at radius 1 is 1.20 bits per heavy atom. The van der Waals surface area contributed by atoms with Crippen LogP contribution >= 0.6 is 12.2 Å². The highest BCUT2D eigenvalue weighted by atomic mass is 32.1. The van der Waals surface area contributed by atoms with Crippen molar-refractivity contribution in [2.45, 2.75) is 64.3 Å². The number of thiocarbonyl (C=S) groups is 1. The van der Waals surface area contributed by atoms with Crippen LogP contribution in [0.3, 0.4) is 0 Å². The van der Waals surface area contributed by atoms with Crippen LogP contribution < -0.4 is 20.3 Å². The zero-order chi connectivity index (χ0) is 21.1. The van der Waals surface area contributed by atoms with E-state index in [-0.39, 0.29) is 6.10 Å². The molecule has 0 radical (unpaired) electrons. The molecule has 0 spiro atoms. The monoisotopic (exact) mass is 423 g/mol. The van der Waals surface area contributed by atoms with E-state index >= 15 is 0 Å². The largest absolute Gasteiger partial charge is 0.491 e. The molecule has 1 saturated heterocycles. The second-order valence-corrected chi connectivity index (χ2v) is 9.15. The number of anilines is 1. The van der Waals surface area contributed by atoms with Crippen LogP contribution in [0, 0.1) is 0 Å². The van der Waals surface area contributed by atoms with Gasteiger partial charge in [-0.3, -0.25) is 0 Å². The number of benzene rings is 2. The van der Waals surface area contributed by atoms with Gasteiger partial charge in [0.05, 0.1) is 11.1 Å². The molecule has 0 amide bonds. The standard InChI is InChI=1S/C25H33N3OS/c1-17(2)29-23-15-19-11-12-24(30)28(3)22(19)14-20(23)16-27-21-10-7-13-26-25(21)18-8-5-4-6-9-18/h4-6,8-9,14-15,17,21,25-27H,7,10-13,16H2,1-3H3. The first kappa shape index (κ1) is 21.3. The highest BCUT2D eigenvalue weighted by Crippen LogP contribution is 2.35. The van der Waals surface area contributed by atoms with E-state index in [9.17, 15) is 0 Å². The van der Waals surface area contributed by atoms with Crippen LogP contribution in [0.15, 0.2) is 42.5 Å². The van der Waals surface area contributed by atoms with Gasteiger partial charge in [-0.05, 0) is 62.9 Å². The Morgan fingerprint density at radius 3 is 2.77 bits per heavy atom. The summed E-state index contributed by atoms with van der Waals surface area (Å²) >= 11 is 5.56. The predicted molar refractivity (Wildman–Crippen MR) is 129 cm³/mol. The minimum atomic E-state index is 0.151. The van der Waals surface area contributed by atoms with E-state index in [0.717, 1.165) is 36.7 Å². The molecule has 2 atom stereocenters. The quantitative estimate of drug-likeness (QED) is 0.655. The Bertz CT molecular complexity index is 883. The highest BCUT2D eigenvalue weighted by molar-refractivity contribution is 7.80. The van der Waals surface area contributed by atoms with E-state index in [4.69, 9.17) is 17.0 Å². The van der Waals surface area contributed by atoms with Crippen LogP contribution in [0.25, 0.3) is 0 Å². The second-order valence-electron chi connectivity index (χ2n) is 8.68. The molecular formula is C25H33N3OS. The molecule has 0 aliphatic carbocycles. The van der Waals surface area contributed by atoms with Crippen molar-refractivity contribution in [3.8, 4) is 5.75 Å². The maximum Gasteiger partial charge on any atom is 0.124 e. The molecule has 4 nitrogen and oxygen atoms in total. The van der Waals surface area contributed by atoms with Crippen LogP contribution in [-0.2, 0) is 13.0 Å². The second kappa shape index (κ2) is 9.46. The Morgan fingerprint density at radius 2 is 2.00 bits per heavy atom. The van der Waals surface area contributed by atoms with Crippen molar-refractivity contribution in [2.24, 2.45) is 0 Å². The molecule has 2 aliphatic heterocycles. The summed E-state index contributed by atoms with van der Waals surface area (Å²) in [7, 11) is 2.08. The van der Waals surface area contributed by atoms with Crippen molar-refractivity contribution in [3.05, 3.63) is 59.2 Å². The number of nitrogens with zero attached hydrogens (tertiary/aromatic N) is 1. The molecule has 2 aromatic rings. The average molecular weight is 424 g/mol. The summed E-state index contributed by atoms with van der Waals surface area (Å²) < 4.78 is 6.22. The molecule has 2 aliphatic rings. The molecule has 2 heterocycles. The van der Waals surface area contributed by atoms with Gasteiger partial charge in [0.15, 0.2) is 0 Å². The lowest BCUT2D eigenvalue weighted by molar-refractivity contribution is 0.237. The molecule has 4 rings (SSSR count). The van der Waals surface area contributed by atoms with E-state index in [1.165, 1.54) is 35.2 Å². The smallest absolute Gasteiger partial charge is 0.124 e. The van der Waals surface area contributed by atoms with E-state index < -0.39 is 0 Å². The fraction of sp³-hybridized carbons (Fsp3) is 0.480. The summed E-state index contributed by atoms with van der Waals surface area (Å²) in [5, 5.41) is 7.55. The summed E-state index contributed by atoms with van der Waals surface area (Å²) in [5.74, 6) is 0.998. The Kier molecular flexibility index (Phi) is 6.71. The van der Waals surface area contributed by atoms with Gasteiger partial charge in [-0.15, -0.1) is 0 Å². The zero-order valence-electron chi connectivity index (χ0n) is 18.3. The predicted octanol–water partition coefficient (Wildman–Crippen LogP) is 4.77. The van der Waals surface area contributed by atoms with Gasteiger partial charge < -0.3 is 20.3 Å². The number of hydrogen-bond acceptors (Lipinski definition) is 4. The molecule has 2 unspecified atom stereocenters. The topological polar surface area (TPSA) is 36.5 Å². The van der Waals surface area contributed by atoms with Gasteiger partial charge in [-0.25, -0.2) is 0 Å². The number of hydrogen-bond donors (Lipinski definition) is 2. The van der Waals surface area contributed by atoms with Gasteiger partial charge >= 0.3 is 0 Å². The molecule has 0 aromatic heterocycles. The number of rotatable bonds is 6. The fourth-order valence-corrected chi connectivity index (χ4v) is 4.77. The molecule has 2 N–H and O–H groups in total. The van der Waals surface area contributed by atoms with E-state index in [0.29, 0.717) is 12.1 Å². The van der Waals surface area contributed by atoms with E-state index in [1.807, 2.05) is 0 Å². The summed E-state index contributed by atoms with van der Waals surface area (Å²) in [6, 6.07) is 16.0. The summed E-state index contributed by atoms with van der Waals surface area (Å²) in [6.07, 6.45) is 4.44.